The zero-order chi connectivity index (χ0) is 20.1. The van der Waals surface area contributed by atoms with Crippen LogP contribution >= 0.6 is 0 Å². The number of nitro groups is 1. The standard InChI is InChI=1S/C18H20N2O6S/c1-3-26-17(21)18(13-20(22)23,15-7-5-4-6-8-15)19-27(24,25)16-11-9-14(2)10-12-16/h4-12,19H,3,13H2,1-2H3/t18-/m0/s1. The van der Waals surface area contributed by atoms with Crippen LogP contribution in [-0.4, -0.2) is 32.5 Å². The lowest BCUT2D eigenvalue weighted by Gasteiger charge is -2.29. The summed E-state index contributed by atoms with van der Waals surface area (Å²) < 4.78 is 33.0. The highest BCUT2D eigenvalue weighted by atomic mass is 32.2. The van der Waals surface area contributed by atoms with Gasteiger partial charge in [0, 0.05) is 4.92 Å². The van der Waals surface area contributed by atoms with E-state index in [1.54, 1.807) is 37.3 Å². The van der Waals surface area contributed by atoms with Crippen LogP contribution in [-0.2, 0) is 25.1 Å². The molecule has 0 bridgehead atoms. The van der Waals surface area contributed by atoms with Crippen molar-refractivity contribution < 1.29 is 22.9 Å². The lowest BCUT2D eigenvalue weighted by Crippen LogP contribution is -2.56. The van der Waals surface area contributed by atoms with E-state index >= 15 is 0 Å². The summed E-state index contributed by atoms with van der Waals surface area (Å²) in [6, 6.07) is 13.6. The number of ether oxygens (including phenoxy) is 1. The topological polar surface area (TPSA) is 116 Å². The van der Waals surface area contributed by atoms with Gasteiger partial charge in [-0.15, -0.1) is 0 Å². The third kappa shape index (κ3) is 4.69. The van der Waals surface area contributed by atoms with Gasteiger partial charge in [0.15, 0.2) is 0 Å². The van der Waals surface area contributed by atoms with Gasteiger partial charge in [0.05, 0.1) is 11.5 Å². The van der Waals surface area contributed by atoms with E-state index in [1.165, 1.54) is 31.2 Å². The first kappa shape index (κ1) is 20.5. The minimum atomic E-state index is -4.25. The van der Waals surface area contributed by atoms with Crippen molar-refractivity contribution in [3.63, 3.8) is 0 Å². The number of carbonyl (C=O) groups is 1. The SMILES string of the molecule is CCOC(=O)[C@@](C[N+](=O)[O-])(NS(=O)(=O)c1ccc(C)cc1)c1ccccc1. The molecule has 1 N–H and O–H groups in total. The van der Waals surface area contributed by atoms with Gasteiger partial charge in [-0.3, -0.25) is 10.1 Å². The maximum atomic E-state index is 12.9. The maximum absolute atomic E-state index is 12.9. The monoisotopic (exact) mass is 392 g/mol. The van der Waals surface area contributed by atoms with E-state index in [4.69, 9.17) is 4.74 Å². The Balaban J connectivity index is 2.61. The second kappa shape index (κ2) is 8.28. The Labute approximate surface area is 157 Å². The van der Waals surface area contributed by atoms with Crippen molar-refractivity contribution in [3.05, 3.63) is 75.8 Å². The number of nitrogens with one attached hydrogen (secondary N) is 1. The third-order valence-corrected chi connectivity index (χ3v) is 5.41. The summed E-state index contributed by atoms with van der Waals surface area (Å²) in [6.07, 6.45) is 0. The molecule has 0 unspecified atom stereocenters. The number of benzene rings is 2. The van der Waals surface area contributed by atoms with Crippen molar-refractivity contribution in [2.24, 2.45) is 0 Å². The first-order valence-electron chi connectivity index (χ1n) is 8.16. The van der Waals surface area contributed by atoms with Gasteiger partial charge in [-0.05, 0) is 31.5 Å². The predicted octanol–water partition coefficient (Wildman–Crippen LogP) is 2.01. The van der Waals surface area contributed by atoms with Crippen LogP contribution in [0.25, 0.3) is 0 Å². The molecule has 0 aromatic heterocycles. The first-order chi connectivity index (χ1) is 12.7. The van der Waals surface area contributed by atoms with Crippen LogP contribution < -0.4 is 4.72 Å². The number of aryl methyl sites for hydroxylation is 1. The van der Waals surface area contributed by atoms with E-state index in [1.807, 2.05) is 0 Å². The zero-order valence-electron chi connectivity index (χ0n) is 14.9. The van der Waals surface area contributed by atoms with Gasteiger partial charge in [0.1, 0.15) is 0 Å². The molecule has 1 atom stereocenters. The van der Waals surface area contributed by atoms with Crippen molar-refractivity contribution in [2.75, 3.05) is 13.2 Å². The van der Waals surface area contributed by atoms with Gasteiger partial charge in [-0.1, -0.05) is 48.0 Å². The minimum Gasteiger partial charge on any atom is -0.464 e. The molecule has 144 valence electrons. The van der Waals surface area contributed by atoms with Crippen LogP contribution in [0.1, 0.15) is 18.1 Å². The van der Waals surface area contributed by atoms with Crippen LogP contribution in [0.3, 0.4) is 0 Å². The molecule has 0 heterocycles. The molecule has 2 aromatic carbocycles. The number of hydrogen-bond donors (Lipinski definition) is 1. The summed E-state index contributed by atoms with van der Waals surface area (Å²) in [7, 11) is -4.25. The number of nitrogens with zero attached hydrogens (tertiary/aromatic N) is 1. The summed E-state index contributed by atoms with van der Waals surface area (Å²) in [5, 5.41) is 11.3. The predicted molar refractivity (Wildman–Crippen MR) is 98.1 cm³/mol. The summed E-state index contributed by atoms with van der Waals surface area (Å²) in [4.78, 5) is 23.2. The zero-order valence-corrected chi connectivity index (χ0v) is 15.7. The average Bonchev–Trinajstić information content (AvgIpc) is 2.61. The quantitative estimate of drug-likeness (QED) is 0.417. The van der Waals surface area contributed by atoms with Crippen LogP contribution in [0.2, 0.25) is 0 Å². The molecule has 0 amide bonds. The summed E-state index contributed by atoms with van der Waals surface area (Å²) >= 11 is 0. The number of rotatable bonds is 8. The Morgan fingerprint density at radius 3 is 2.26 bits per heavy atom. The van der Waals surface area contributed by atoms with Crippen LogP contribution in [0.5, 0.6) is 0 Å². The maximum Gasteiger partial charge on any atom is 0.338 e. The van der Waals surface area contributed by atoms with Gasteiger partial charge >= 0.3 is 5.97 Å². The van der Waals surface area contributed by atoms with Gasteiger partial charge < -0.3 is 4.74 Å². The minimum absolute atomic E-state index is 0.0581. The lowest BCUT2D eigenvalue weighted by molar-refractivity contribution is -0.489. The molecule has 0 spiro atoms. The molecule has 0 saturated heterocycles. The van der Waals surface area contributed by atoms with E-state index in [0.29, 0.717) is 0 Å². The second-order valence-corrected chi connectivity index (χ2v) is 7.58. The second-order valence-electron chi connectivity index (χ2n) is 5.90. The molecular formula is C18H20N2O6S. The van der Waals surface area contributed by atoms with Gasteiger partial charge in [0.2, 0.25) is 22.1 Å². The molecule has 0 aliphatic heterocycles. The van der Waals surface area contributed by atoms with E-state index in [0.717, 1.165) is 5.56 Å². The van der Waals surface area contributed by atoms with Crippen LogP contribution in [0.15, 0.2) is 59.5 Å². The van der Waals surface area contributed by atoms with Crippen molar-refractivity contribution in [3.8, 4) is 0 Å². The number of carbonyl (C=O) groups excluding carboxylic acids is 1. The highest BCUT2D eigenvalue weighted by molar-refractivity contribution is 7.89. The fourth-order valence-corrected chi connectivity index (χ4v) is 3.92. The molecule has 8 nitrogen and oxygen atoms in total. The molecule has 2 aromatic rings. The highest BCUT2D eigenvalue weighted by Gasteiger charge is 2.50. The largest absolute Gasteiger partial charge is 0.464 e. The summed E-state index contributed by atoms with van der Waals surface area (Å²) in [5.41, 5.74) is -1.22. The third-order valence-electron chi connectivity index (χ3n) is 3.90. The molecule has 0 radical (unpaired) electrons. The Kier molecular flexibility index (Phi) is 6.29. The van der Waals surface area contributed by atoms with Crippen LogP contribution in [0, 0.1) is 17.0 Å². The van der Waals surface area contributed by atoms with Crippen LogP contribution in [0.4, 0.5) is 0 Å². The molecule has 0 saturated carbocycles. The van der Waals surface area contributed by atoms with Crippen molar-refractivity contribution in [2.45, 2.75) is 24.3 Å². The Hall–Kier alpha value is -2.78. The van der Waals surface area contributed by atoms with Gasteiger partial charge in [-0.25, -0.2) is 13.2 Å². The van der Waals surface area contributed by atoms with Gasteiger partial charge in [0.25, 0.3) is 0 Å². The Bertz CT molecular complexity index is 913. The van der Waals surface area contributed by atoms with Crippen molar-refractivity contribution in [1.82, 2.24) is 4.72 Å². The molecule has 9 heteroatoms. The fraction of sp³-hybridized carbons (Fsp3) is 0.278. The highest BCUT2D eigenvalue weighted by Crippen LogP contribution is 2.27. The van der Waals surface area contributed by atoms with Gasteiger partial charge in [-0.2, -0.15) is 4.72 Å². The normalized spacial score (nSPS) is 13.6. The van der Waals surface area contributed by atoms with E-state index in [2.05, 4.69) is 4.72 Å². The Morgan fingerprint density at radius 2 is 1.74 bits per heavy atom. The summed E-state index contributed by atoms with van der Waals surface area (Å²) in [6.45, 7) is 2.27. The number of esters is 1. The van der Waals surface area contributed by atoms with E-state index in [-0.39, 0.29) is 17.1 Å². The fourth-order valence-electron chi connectivity index (χ4n) is 2.58. The van der Waals surface area contributed by atoms with E-state index < -0.39 is 33.0 Å². The average molecular weight is 392 g/mol. The molecule has 0 fully saturated rings. The smallest absolute Gasteiger partial charge is 0.338 e. The lowest BCUT2D eigenvalue weighted by atomic mass is 9.91. The molecular weight excluding hydrogens is 372 g/mol. The van der Waals surface area contributed by atoms with E-state index in [9.17, 15) is 23.3 Å². The molecule has 0 aliphatic rings. The van der Waals surface area contributed by atoms with Crippen molar-refractivity contribution >= 4 is 16.0 Å². The molecule has 2 rings (SSSR count). The summed E-state index contributed by atoms with van der Waals surface area (Å²) in [5.74, 6) is -1.04. The number of sulfonamides is 1. The molecule has 0 aliphatic carbocycles. The van der Waals surface area contributed by atoms with Crippen molar-refractivity contribution in [1.29, 1.82) is 0 Å². The molecule has 27 heavy (non-hydrogen) atoms. The Morgan fingerprint density at radius 1 is 1.15 bits per heavy atom. The number of hydrogen-bond acceptors (Lipinski definition) is 6. The first-order valence-corrected chi connectivity index (χ1v) is 9.65.